The van der Waals surface area contributed by atoms with Gasteiger partial charge in [0, 0.05) is 38.3 Å². The van der Waals surface area contributed by atoms with Crippen LogP contribution >= 0.6 is 0 Å². The molecule has 1 heterocycles. The van der Waals surface area contributed by atoms with Gasteiger partial charge >= 0.3 is 0 Å². The highest BCUT2D eigenvalue weighted by molar-refractivity contribution is 5.65. The van der Waals surface area contributed by atoms with E-state index in [1.807, 2.05) is 51.2 Å². The Labute approximate surface area is 200 Å². The fourth-order valence-corrected chi connectivity index (χ4v) is 4.04. The molecule has 0 radical (unpaired) electrons. The van der Waals surface area contributed by atoms with Crippen LogP contribution in [0.5, 0.6) is 11.6 Å². The van der Waals surface area contributed by atoms with Gasteiger partial charge in [-0.05, 0) is 44.7 Å². The molecular weight excluding hydrogens is 433 g/mol. The van der Waals surface area contributed by atoms with Crippen LogP contribution in [0.15, 0.2) is 54.6 Å². The van der Waals surface area contributed by atoms with Crippen LogP contribution in [0.1, 0.15) is 32.3 Å². The summed E-state index contributed by atoms with van der Waals surface area (Å²) in [5, 5.41) is 15.4. The predicted octanol–water partition coefficient (Wildman–Crippen LogP) is 5.02. The summed E-state index contributed by atoms with van der Waals surface area (Å²) in [5.74, 6) is 1.27. The Balaban J connectivity index is 1.64. The van der Waals surface area contributed by atoms with Crippen LogP contribution in [-0.4, -0.2) is 51.7 Å². The van der Waals surface area contributed by atoms with Gasteiger partial charge in [0.2, 0.25) is 5.88 Å². The average molecular weight is 468 g/mol. The van der Waals surface area contributed by atoms with Crippen molar-refractivity contribution in [1.29, 1.82) is 0 Å². The zero-order chi connectivity index (χ0) is 24.1. The van der Waals surface area contributed by atoms with Crippen LogP contribution < -0.4 is 4.74 Å². The number of aliphatic hydroxyl groups is 1. The lowest BCUT2D eigenvalue weighted by Gasteiger charge is -2.26. The maximum Gasteiger partial charge on any atom is 0.222 e. The molecule has 182 valence electrons. The first-order valence-electron chi connectivity index (χ1n) is 12.0. The number of rotatable bonds is 12. The summed E-state index contributed by atoms with van der Waals surface area (Å²) in [7, 11) is 1.83. The third-order valence-electron chi connectivity index (χ3n) is 5.83. The fraction of sp³-hybridized carbons (Fsp3) is 0.444. The van der Waals surface area contributed by atoms with Crippen molar-refractivity contribution in [1.82, 2.24) is 14.7 Å². The Morgan fingerprint density at radius 3 is 2.59 bits per heavy atom. The molecule has 1 saturated carbocycles. The van der Waals surface area contributed by atoms with Gasteiger partial charge in [0.1, 0.15) is 17.3 Å². The molecule has 0 aliphatic heterocycles. The van der Waals surface area contributed by atoms with Gasteiger partial charge in [-0.1, -0.05) is 36.4 Å². The summed E-state index contributed by atoms with van der Waals surface area (Å²) in [6, 6.07) is 16.1. The Kier molecular flexibility index (Phi) is 7.98. The van der Waals surface area contributed by atoms with Crippen molar-refractivity contribution in [3.63, 3.8) is 0 Å². The van der Waals surface area contributed by atoms with E-state index >= 15 is 0 Å². The van der Waals surface area contributed by atoms with Crippen molar-refractivity contribution in [2.75, 3.05) is 19.7 Å². The number of hydrogen-bond acceptors (Lipinski definition) is 5. The Morgan fingerprint density at radius 2 is 1.91 bits per heavy atom. The number of hydrogen-bond donors (Lipinski definition) is 1. The number of aryl methyl sites for hydroxylation is 1. The Hall–Kier alpha value is -2.74. The Bertz CT molecular complexity index is 1070. The van der Waals surface area contributed by atoms with Crippen LogP contribution in [-0.2, 0) is 18.3 Å². The van der Waals surface area contributed by atoms with Crippen LogP contribution in [0, 0.1) is 11.7 Å². The molecule has 0 bridgehead atoms. The Morgan fingerprint density at radius 1 is 1.15 bits per heavy atom. The van der Waals surface area contributed by atoms with Crippen molar-refractivity contribution < 1.29 is 19.0 Å². The minimum atomic E-state index is -0.592. The van der Waals surface area contributed by atoms with E-state index in [1.54, 1.807) is 16.8 Å². The van der Waals surface area contributed by atoms with Gasteiger partial charge in [0.25, 0.3) is 0 Å². The number of nitrogens with zero attached hydrogens (tertiary/aromatic N) is 3. The van der Waals surface area contributed by atoms with E-state index in [0.717, 1.165) is 23.4 Å². The van der Waals surface area contributed by atoms with Crippen molar-refractivity contribution in [3.05, 3.63) is 66.0 Å². The molecule has 34 heavy (non-hydrogen) atoms. The molecule has 1 N–H and O–H groups in total. The lowest BCUT2D eigenvalue weighted by Crippen LogP contribution is -2.36. The predicted molar refractivity (Wildman–Crippen MR) is 130 cm³/mol. The number of halogens is 1. The summed E-state index contributed by atoms with van der Waals surface area (Å²) in [6.07, 6.45) is 1.90. The molecular formula is C27H34FN3O3. The minimum Gasteiger partial charge on any atom is -0.439 e. The van der Waals surface area contributed by atoms with E-state index in [-0.39, 0.29) is 11.9 Å². The van der Waals surface area contributed by atoms with E-state index in [1.165, 1.54) is 25.0 Å². The topological polar surface area (TPSA) is 59.8 Å². The molecule has 0 spiro atoms. The molecule has 2 aromatic carbocycles. The van der Waals surface area contributed by atoms with Crippen molar-refractivity contribution >= 4 is 0 Å². The first-order valence-corrected chi connectivity index (χ1v) is 12.0. The lowest BCUT2D eigenvalue weighted by atomic mass is 10.1. The van der Waals surface area contributed by atoms with Crippen LogP contribution in [0.25, 0.3) is 11.3 Å². The third kappa shape index (κ3) is 6.65. The second-order valence-electron chi connectivity index (χ2n) is 9.35. The molecule has 0 saturated heterocycles. The van der Waals surface area contributed by atoms with Crippen LogP contribution in [0.4, 0.5) is 4.39 Å². The quantitative estimate of drug-likeness (QED) is 0.406. The summed E-state index contributed by atoms with van der Waals surface area (Å²) < 4.78 is 27.3. The molecule has 0 unspecified atom stereocenters. The van der Waals surface area contributed by atoms with Gasteiger partial charge in [-0.15, -0.1) is 0 Å². The van der Waals surface area contributed by atoms with Gasteiger partial charge in [-0.3, -0.25) is 4.90 Å². The largest absolute Gasteiger partial charge is 0.439 e. The van der Waals surface area contributed by atoms with Gasteiger partial charge in [-0.2, -0.15) is 5.10 Å². The molecule has 1 fully saturated rings. The molecule has 1 atom stereocenters. The van der Waals surface area contributed by atoms with Gasteiger partial charge in [-0.25, -0.2) is 9.07 Å². The van der Waals surface area contributed by atoms with Gasteiger partial charge < -0.3 is 14.6 Å². The molecule has 7 heteroatoms. The highest BCUT2D eigenvalue weighted by Gasteiger charge is 2.28. The molecule has 1 aromatic heterocycles. The summed E-state index contributed by atoms with van der Waals surface area (Å²) >= 11 is 0. The van der Waals surface area contributed by atoms with Crippen LogP contribution in [0.2, 0.25) is 0 Å². The van der Waals surface area contributed by atoms with Gasteiger partial charge in [0.15, 0.2) is 0 Å². The molecule has 6 nitrogen and oxygen atoms in total. The smallest absolute Gasteiger partial charge is 0.222 e. The molecule has 3 aromatic rings. The summed E-state index contributed by atoms with van der Waals surface area (Å²) in [5.41, 5.74) is 2.72. The van der Waals surface area contributed by atoms with E-state index in [0.29, 0.717) is 37.2 Å². The zero-order valence-corrected chi connectivity index (χ0v) is 20.2. The SMILES string of the molecule is CC(C)OC[C@H](O)CN(Cc1c(-c2ccccc2)nn(C)c1Oc1cccc(F)c1)CC1CC1. The third-order valence-corrected chi connectivity index (χ3v) is 5.83. The average Bonchev–Trinajstić information content (AvgIpc) is 3.57. The van der Waals surface area contributed by atoms with Crippen molar-refractivity contribution in [3.8, 4) is 22.9 Å². The number of benzene rings is 2. The molecule has 1 aliphatic carbocycles. The molecule has 1 aliphatic rings. The highest BCUT2D eigenvalue weighted by Crippen LogP contribution is 2.36. The van der Waals surface area contributed by atoms with E-state index in [2.05, 4.69) is 4.90 Å². The maximum atomic E-state index is 13.8. The van der Waals surface area contributed by atoms with Crippen LogP contribution in [0.3, 0.4) is 0 Å². The second kappa shape index (κ2) is 11.1. The molecule has 0 amide bonds. The van der Waals surface area contributed by atoms with Crippen molar-refractivity contribution in [2.24, 2.45) is 13.0 Å². The first-order chi connectivity index (χ1) is 16.4. The summed E-state index contributed by atoms with van der Waals surface area (Å²) in [4.78, 5) is 2.26. The maximum absolute atomic E-state index is 13.8. The summed E-state index contributed by atoms with van der Waals surface area (Å²) in [6.45, 7) is 6.16. The minimum absolute atomic E-state index is 0.0702. The van der Waals surface area contributed by atoms with Crippen molar-refractivity contribution in [2.45, 2.75) is 45.4 Å². The highest BCUT2D eigenvalue weighted by atomic mass is 19.1. The molecule has 4 rings (SSSR count). The number of ether oxygens (including phenoxy) is 2. The normalized spacial score (nSPS) is 14.7. The lowest BCUT2D eigenvalue weighted by molar-refractivity contribution is -0.0101. The standard InChI is InChI=1S/C27H34FN3O3/c1-19(2)33-18-23(32)16-31(15-20-12-13-20)17-25-26(21-8-5-4-6-9-21)29-30(3)27(25)34-24-11-7-10-22(28)14-24/h4-11,14,19-20,23,32H,12-13,15-18H2,1-3H3/t23-/m1/s1. The van der Waals surface area contributed by atoms with E-state index < -0.39 is 6.10 Å². The first kappa shape index (κ1) is 24.4. The van der Waals surface area contributed by atoms with E-state index in [4.69, 9.17) is 14.6 Å². The zero-order valence-electron chi connectivity index (χ0n) is 20.2. The van der Waals surface area contributed by atoms with Gasteiger partial charge in [0.05, 0.1) is 24.4 Å². The van der Waals surface area contributed by atoms with E-state index in [9.17, 15) is 9.50 Å². The number of aromatic nitrogens is 2. The number of aliphatic hydroxyl groups excluding tert-OH is 1. The second-order valence-corrected chi connectivity index (χ2v) is 9.35. The fourth-order valence-electron chi connectivity index (χ4n) is 4.04. The monoisotopic (exact) mass is 467 g/mol.